The van der Waals surface area contributed by atoms with Gasteiger partial charge in [-0.25, -0.2) is 16.8 Å². The number of hydrogen-bond acceptors (Lipinski definition) is 6. The molecule has 0 aliphatic carbocycles. The van der Waals surface area contributed by atoms with Crippen molar-refractivity contribution in [1.29, 1.82) is 0 Å². The molecule has 0 aliphatic rings. The zero-order valence-corrected chi connectivity index (χ0v) is 48.0. The summed E-state index contributed by atoms with van der Waals surface area (Å²) in [4.78, 5) is -0.0423. The van der Waals surface area contributed by atoms with Crippen molar-refractivity contribution in [2.75, 3.05) is 0 Å². The number of unbranched alkanes of at least 4 members (excludes halogenated alkanes) is 28. The summed E-state index contributed by atoms with van der Waals surface area (Å²) in [5, 5.41) is 4.15. The van der Waals surface area contributed by atoms with E-state index in [1.807, 2.05) is 36.4 Å². The van der Waals surface area contributed by atoms with Gasteiger partial charge in [0, 0.05) is 0 Å². The predicted molar refractivity (Wildman–Crippen MR) is 295 cm³/mol. The van der Waals surface area contributed by atoms with Crippen LogP contribution >= 0.6 is 0 Å². The van der Waals surface area contributed by atoms with Crippen LogP contribution in [0.5, 0.6) is 0 Å². The van der Waals surface area contributed by atoms with Gasteiger partial charge in [-0.3, -0.25) is 0 Å². The minimum atomic E-state index is -4.48. The zero-order chi connectivity index (χ0) is 49.3. The maximum Gasteiger partial charge on any atom is 2.00 e. The second kappa shape index (κ2) is 38.1. The van der Waals surface area contributed by atoms with Crippen LogP contribution in [-0.4, -0.2) is 63.7 Å². The van der Waals surface area contributed by atoms with Crippen molar-refractivity contribution in [3.63, 3.8) is 0 Å². The molecule has 0 heterocycles. The Kier molecular flexibility index (Phi) is 35.1. The maximum absolute atomic E-state index is 12.0. The van der Waals surface area contributed by atoms with Gasteiger partial charge < -0.3 is 9.11 Å². The minimum Gasteiger partial charge on any atom is -0.744 e. The van der Waals surface area contributed by atoms with Gasteiger partial charge in [0.25, 0.3) is 0 Å². The summed E-state index contributed by atoms with van der Waals surface area (Å²) in [6, 6.07) is 19.2. The van der Waals surface area contributed by atoms with E-state index in [1.54, 1.807) is 12.1 Å². The molecule has 0 aromatic heterocycles. The molecule has 9 heteroatoms. The van der Waals surface area contributed by atoms with Gasteiger partial charge in [-0.05, 0) is 107 Å². The molecule has 0 radical (unpaired) electrons. The predicted octanol–water partition coefficient (Wildman–Crippen LogP) is 17.8. The Balaban J connectivity index is 0.000000467. The van der Waals surface area contributed by atoms with Crippen LogP contribution in [0.25, 0.3) is 21.5 Å². The topological polar surface area (TPSA) is 114 Å². The van der Waals surface area contributed by atoms with Crippen molar-refractivity contribution >= 4 is 79.5 Å². The molecule has 0 aliphatic heterocycles. The Morgan fingerprint density at radius 3 is 0.812 bits per heavy atom. The average molecular weight is 1020 g/mol. The maximum atomic E-state index is 12.0. The van der Waals surface area contributed by atoms with Crippen LogP contribution in [0, 0.1) is 0 Å². The molecule has 0 N–H and O–H groups in total. The van der Waals surface area contributed by atoms with Crippen LogP contribution in [0.2, 0.25) is 0 Å². The van der Waals surface area contributed by atoms with E-state index in [0.29, 0.717) is 12.8 Å². The summed E-state index contributed by atoms with van der Waals surface area (Å²) in [7, 11) is -8.96. The van der Waals surface area contributed by atoms with Crippen LogP contribution in [0.3, 0.4) is 0 Å². The fourth-order valence-electron chi connectivity index (χ4n) is 10.1. The molecule has 0 bridgehead atoms. The largest absolute Gasteiger partial charge is 2.00 e. The second-order valence-electron chi connectivity index (χ2n) is 19.9. The standard InChI is InChI=1S/2C30H48O3S.Ca/c2*1-3-5-7-9-11-13-15-17-20-26-21-19-23-28-27(26)24-25-30(34(31,32)33)29(28)22-18-16-14-12-10-8-6-4-2;/h2*19,21,23-25H,3-18,20,22H2,1-2H3,(H,31,32,33);/q;;+2/p-2. The number of rotatable bonds is 38. The third-order valence-corrected chi connectivity index (χ3v) is 16.0. The van der Waals surface area contributed by atoms with E-state index >= 15 is 0 Å². The van der Waals surface area contributed by atoms with Crippen molar-refractivity contribution in [1.82, 2.24) is 0 Å². The molecule has 0 spiro atoms. The van der Waals surface area contributed by atoms with Crippen LogP contribution in [0.4, 0.5) is 0 Å². The normalized spacial score (nSPS) is 11.8. The summed E-state index contributed by atoms with van der Waals surface area (Å²) < 4.78 is 72.0. The molecule has 0 fully saturated rings. The SMILES string of the molecule is CCCCCCCCCCc1cccc2c(CCCCCCCCCC)c(S(=O)(=O)[O-])ccc12.CCCCCCCCCCc1cccc2c(CCCCCCCCCC)c(S(=O)(=O)[O-])ccc12.[Ca+2]. The first-order chi connectivity index (χ1) is 33.0. The summed E-state index contributed by atoms with van der Waals surface area (Å²) in [6.07, 6.45) is 43.2. The van der Waals surface area contributed by atoms with Crippen molar-refractivity contribution < 1.29 is 25.9 Å². The fourth-order valence-corrected chi connectivity index (χ4v) is 11.6. The molecule has 0 atom stereocenters. The van der Waals surface area contributed by atoms with Crippen LogP contribution in [0.15, 0.2) is 70.5 Å². The molecule has 0 saturated carbocycles. The molecule has 6 nitrogen and oxygen atoms in total. The number of hydrogen-bond donors (Lipinski definition) is 0. The van der Waals surface area contributed by atoms with E-state index in [9.17, 15) is 25.9 Å². The first-order valence-corrected chi connectivity index (χ1v) is 30.8. The van der Waals surface area contributed by atoms with Crippen LogP contribution in [-0.2, 0) is 45.9 Å². The van der Waals surface area contributed by atoms with Crippen LogP contribution < -0.4 is 0 Å². The molecule has 4 aromatic rings. The van der Waals surface area contributed by atoms with E-state index in [1.165, 1.54) is 178 Å². The smallest absolute Gasteiger partial charge is 0.744 e. The first kappa shape index (κ1) is 63.6. The number of benzene rings is 4. The molecular formula is C60H94CaO6S2. The second-order valence-corrected chi connectivity index (χ2v) is 22.6. The Morgan fingerprint density at radius 1 is 0.304 bits per heavy atom. The van der Waals surface area contributed by atoms with Gasteiger partial charge in [-0.15, -0.1) is 0 Å². The molecule has 0 amide bonds. The molecular weight excluding hydrogens is 921 g/mol. The molecule has 384 valence electrons. The van der Waals surface area contributed by atoms with E-state index < -0.39 is 20.2 Å². The van der Waals surface area contributed by atoms with Gasteiger partial charge >= 0.3 is 37.7 Å². The molecule has 69 heavy (non-hydrogen) atoms. The van der Waals surface area contributed by atoms with E-state index in [-0.39, 0.29) is 47.5 Å². The van der Waals surface area contributed by atoms with Gasteiger partial charge in [-0.2, -0.15) is 0 Å². The summed E-state index contributed by atoms with van der Waals surface area (Å²) in [5.41, 5.74) is 4.01. The molecule has 4 rings (SSSR count). The van der Waals surface area contributed by atoms with Gasteiger partial charge in [0.15, 0.2) is 0 Å². The van der Waals surface area contributed by atoms with Crippen molar-refractivity contribution in [2.45, 2.75) is 269 Å². The third kappa shape index (κ3) is 25.3. The van der Waals surface area contributed by atoms with Gasteiger partial charge in [0.2, 0.25) is 0 Å². The molecule has 4 aromatic carbocycles. The summed E-state index contributed by atoms with van der Waals surface area (Å²) in [6.45, 7) is 8.96. The Labute approximate surface area is 453 Å². The first-order valence-electron chi connectivity index (χ1n) is 28.0. The van der Waals surface area contributed by atoms with E-state index in [0.717, 1.165) is 84.0 Å². The fraction of sp³-hybridized carbons (Fsp3) is 0.667. The van der Waals surface area contributed by atoms with Gasteiger partial charge in [0.1, 0.15) is 20.2 Å². The van der Waals surface area contributed by atoms with Crippen molar-refractivity contribution in [3.8, 4) is 0 Å². The van der Waals surface area contributed by atoms with Crippen LogP contribution in [0.1, 0.15) is 255 Å². The third-order valence-electron chi connectivity index (χ3n) is 14.1. The van der Waals surface area contributed by atoms with Crippen molar-refractivity contribution in [2.24, 2.45) is 0 Å². The summed E-state index contributed by atoms with van der Waals surface area (Å²) >= 11 is 0. The Hall–Kier alpha value is -1.52. The summed E-state index contributed by atoms with van der Waals surface area (Å²) in [5.74, 6) is 0. The van der Waals surface area contributed by atoms with Gasteiger partial charge in [0.05, 0.1) is 9.79 Å². The quantitative estimate of drug-likeness (QED) is 0.0251. The minimum absolute atomic E-state index is 0. The van der Waals surface area contributed by atoms with E-state index in [4.69, 9.17) is 0 Å². The van der Waals surface area contributed by atoms with Crippen molar-refractivity contribution in [3.05, 3.63) is 82.9 Å². The Morgan fingerprint density at radius 2 is 0.551 bits per heavy atom. The molecule has 0 saturated heterocycles. The van der Waals surface area contributed by atoms with E-state index in [2.05, 4.69) is 39.8 Å². The van der Waals surface area contributed by atoms with Gasteiger partial charge in [-0.1, -0.05) is 256 Å². The molecule has 0 unspecified atom stereocenters. The number of fused-ring (bicyclic) bond motifs is 2. The Bertz CT molecular complexity index is 2030. The zero-order valence-electron chi connectivity index (χ0n) is 44.2. The average Bonchev–Trinajstić information content (AvgIpc) is 3.32. The number of aryl methyl sites for hydroxylation is 4. The monoisotopic (exact) mass is 1010 g/mol.